The lowest BCUT2D eigenvalue weighted by Gasteiger charge is -2.22. The summed E-state index contributed by atoms with van der Waals surface area (Å²) in [5, 5.41) is 4.74. The van der Waals surface area contributed by atoms with Crippen molar-refractivity contribution in [3.05, 3.63) is 30.1 Å². The number of rotatable bonds is 1. The van der Waals surface area contributed by atoms with Gasteiger partial charge in [-0.25, -0.2) is 4.98 Å². The number of hydrogen-bond acceptors (Lipinski definition) is 2. The zero-order chi connectivity index (χ0) is 10.1. The minimum absolute atomic E-state index is 0.650. The Morgan fingerprint density at radius 3 is 3.27 bits per heavy atom. The maximum Gasteiger partial charge on any atom is 0.137 e. The fraction of sp³-hybridized carbons (Fsp3) is 0.417. The van der Waals surface area contributed by atoms with Gasteiger partial charge < -0.3 is 10.3 Å². The highest BCUT2D eigenvalue weighted by molar-refractivity contribution is 5.80. The summed E-state index contributed by atoms with van der Waals surface area (Å²) in [5.41, 5.74) is 2.43. The normalized spacial score (nSPS) is 22.0. The van der Waals surface area contributed by atoms with E-state index in [0.29, 0.717) is 5.92 Å². The van der Waals surface area contributed by atoms with Crippen LogP contribution in [0.25, 0.3) is 11.0 Å². The van der Waals surface area contributed by atoms with Crippen LogP contribution in [-0.4, -0.2) is 23.1 Å². The Balaban J connectivity index is 2.02. The summed E-state index contributed by atoms with van der Waals surface area (Å²) in [6.07, 6.45) is 6.52. The van der Waals surface area contributed by atoms with Crippen molar-refractivity contribution in [3.63, 3.8) is 0 Å². The molecule has 3 nitrogen and oxygen atoms in total. The molecule has 2 aromatic rings. The van der Waals surface area contributed by atoms with E-state index in [4.69, 9.17) is 0 Å². The third-order valence-electron chi connectivity index (χ3n) is 3.22. The first-order chi connectivity index (χ1) is 7.45. The number of fused-ring (bicyclic) bond motifs is 1. The molecule has 1 aliphatic heterocycles. The number of aromatic amines is 1. The summed E-state index contributed by atoms with van der Waals surface area (Å²) in [5.74, 6) is 0.650. The van der Waals surface area contributed by atoms with Crippen molar-refractivity contribution in [2.75, 3.05) is 13.1 Å². The predicted octanol–water partition coefficient (Wildman–Crippen LogP) is 2.03. The van der Waals surface area contributed by atoms with Crippen LogP contribution in [0.3, 0.4) is 0 Å². The molecule has 2 aromatic heterocycles. The average Bonchev–Trinajstić information content (AvgIpc) is 2.74. The summed E-state index contributed by atoms with van der Waals surface area (Å²) in [7, 11) is 0. The summed E-state index contributed by atoms with van der Waals surface area (Å²) in [6, 6.07) is 4.17. The number of hydrogen-bond donors (Lipinski definition) is 2. The van der Waals surface area contributed by atoms with Crippen LogP contribution in [0.4, 0.5) is 0 Å². The van der Waals surface area contributed by atoms with Gasteiger partial charge in [-0.3, -0.25) is 0 Å². The molecule has 0 aliphatic carbocycles. The summed E-state index contributed by atoms with van der Waals surface area (Å²) in [6.45, 7) is 2.26. The van der Waals surface area contributed by atoms with Gasteiger partial charge in [-0.05, 0) is 43.0 Å². The van der Waals surface area contributed by atoms with Crippen molar-refractivity contribution in [1.29, 1.82) is 0 Å². The minimum Gasteiger partial charge on any atom is -0.346 e. The monoisotopic (exact) mass is 201 g/mol. The van der Waals surface area contributed by atoms with Crippen molar-refractivity contribution in [2.24, 2.45) is 0 Å². The lowest BCUT2D eigenvalue weighted by atomic mass is 9.92. The SMILES string of the molecule is c1cnc2[nH]cc([C@H]3CCCNC3)c2c1. The van der Waals surface area contributed by atoms with Gasteiger partial charge in [0.1, 0.15) is 5.65 Å². The standard InChI is InChI=1S/C12H15N3/c1-3-9(7-13-5-1)11-8-15-12-10(11)4-2-6-14-12/h2,4,6,8-9,13H,1,3,5,7H2,(H,14,15)/t9-/m0/s1. The third-order valence-corrected chi connectivity index (χ3v) is 3.22. The minimum atomic E-state index is 0.650. The van der Waals surface area contributed by atoms with Crippen LogP contribution in [-0.2, 0) is 0 Å². The van der Waals surface area contributed by atoms with Crippen molar-refractivity contribution < 1.29 is 0 Å². The molecule has 3 rings (SSSR count). The zero-order valence-corrected chi connectivity index (χ0v) is 8.66. The fourth-order valence-corrected chi connectivity index (χ4v) is 2.43. The largest absolute Gasteiger partial charge is 0.346 e. The first kappa shape index (κ1) is 8.92. The second kappa shape index (κ2) is 3.66. The molecule has 3 heterocycles. The van der Waals surface area contributed by atoms with E-state index in [-0.39, 0.29) is 0 Å². The molecule has 78 valence electrons. The molecule has 0 amide bonds. The molecule has 3 heteroatoms. The molecular formula is C12H15N3. The second-order valence-electron chi connectivity index (χ2n) is 4.19. The highest BCUT2D eigenvalue weighted by Gasteiger charge is 2.18. The molecule has 0 spiro atoms. The molecule has 15 heavy (non-hydrogen) atoms. The Morgan fingerprint density at radius 1 is 1.40 bits per heavy atom. The first-order valence-electron chi connectivity index (χ1n) is 5.58. The van der Waals surface area contributed by atoms with E-state index in [1.54, 1.807) is 0 Å². The van der Waals surface area contributed by atoms with E-state index in [0.717, 1.165) is 18.7 Å². The lowest BCUT2D eigenvalue weighted by molar-refractivity contribution is 0.463. The molecule has 0 radical (unpaired) electrons. The second-order valence-corrected chi connectivity index (χ2v) is 4.19. The van der Waals surface area contributed by atoms with Crippen LogP contribution in [0, 0.1) is 0 Å². The lowest BCUT2D eigenvalue weighted by Crippen LogP contribution is -2.28. The number of piperidine rings is 1. The third kappa shape index (κ3) is 1.53. The van der Waals surface area contributed by atoms with E-state index < -0.39 is 0 Å². The highest BCUT2D eigenvalue weighted by atomic mass is 14.9. The van der Waals surface area contributed by atoms with Crippen LogP contribution < -0.4 is 5.32 Å². The van der Waals surface area contributed by atoms with Gasteiger partial charge in [0.2, 0.25) is 0 Å². The van der Waals surface area contributed by atoms with Gasteiger partial charge in [0.05, 0.1) is 0 Å². The van der Waals surface area contributed by atoms with Crippen LogP contribution in [0.15, 0.2) is 24.5 Å². The van der Waals surface area contributed by atoms with Crippen molar-refractivity contribution in [2.45, 2.75) is 18.8 Å². The predicted molar refractivity (Wildman–Crippen MR) is 60.9 cm³/mol. The molecular weight excluding hydrogens is 186 g/mol. The van der Waals surface area contributed by atoms with Gasteiger partial charge in [0.25, 0.3) is 0 Å². The molecule has 1 atom stereocenters. The van der Waals surface area contributed by atoms with Gasteiger partial charge in [-0.15, -0.1) is 0 Å². The molecule has 0 aromatic carbocycles. The topological polar surface area (TPSA) is 40.7 Å². The van der Waals surface area contributed by atoms with Crippen LogP contribution in [0.2, 0.25) is 0 Å². The number of nitrogens with zero attached hydrogens (tertiary/aromatic N) is 1. The molecule has 0 bridgehead atoms. The van der Waals surface area contributed by atoms with E-state index in [1.807, 2.05) is 12.3 Å². The molecule has 1 fully saturated rings. The van der Waals surface area contributed by atoms with Gasteiger partial charge in [0, 0.05) is 24.3 Å². The quantitative estimate of drug-likeness (QED) is 0.741. The Hall–Kier alpha value is -1.35. The molecule has 2 N–H and O–H groups in total. The molecule has 0 saturated carbocycles. The van der Waals surface area contributed by atoms with Gasteiger partial charge >= 0.3 is 0 Å². The Labute approximate surface area is 88.9 Å². The fourth-order valence-electron chi connectivity index (χ4n) is 2.43. The van der Waals surface area contributed by atoms with Crippen molar-refractivity contribution in [1.82, 2.24) is 15.3 Å². The molecule has 1 saturated heterocycles. The van der Waals surface area contributed by atoms with E-state index in [1.165, 1.54) is 23.8 Å². The van der Waals surface area contributed by atoms with Crippen molar-refractivity contribution >= 4 is 11.0 Å². The number of nitrogens with one attached hydrogen (secondary N) is 2. The summed E-state index contributed by atoms with van der Waals surface area (Å²) in [4.78, 5) is 7.57. The van der Waals surface area contributed by atoms with Gasteiger partial charge in [0.15, 0.2) is 0 Å². The highest BCUT2D eigenvalue weighted by Crippen LogP contribution is 2.28. The number of H-pyrrole nitrogens is 1. The van der Waals surface area contributed by atoms with E-state index >= 15 is 0 Å². The van der Waals surface area contributed by atoms with Crippen LogP contribution in [0.5, 0.6) is 0 Å². The first-order valence-corrected chi connectivity index (χ1v) is 5.58. The Bertz CT molecular complexity index is 455. The molecule has 1 aliphatic rings. The van der Waals surface area contributed by atoms with E-state index in [9.17, 15) is 0 Å². The smallest absolute Gasteiger partial charge is 0.137 e. The zero-order valence-electron chi connectivity index (χ0n) is 8.66. The van der Waals surface area contributed by atoms with Crippen LogP contribution in [0.1, 0.15) is 24.3 Å². The average molecular weight is 201 g/mol. The Morgan fingerprint density at radius 2 is 2.40 bits per heavy atom. The van der Waals surface area contributed by atoms with Crippen molar-refractivity contribution in [3.8, 4) is 0 Å². The maximum atomic E-state index is 4.32. The Kier molecular flexibility index (Phi) is 2.18. The van der Waals surface area contributed by atoms with Gasteiger partial charge in [-0.1, -0.05) is 0 Å². The summed E-state index contributed by atoms with van der Waals surface area (Å²) < 4.78 is 0. The van der Waals surface area contributed by atoms with Crippen LogP contribution >= 0.6 is 0 Å². The summed E-state index contributed by atoms with van der Waals surface area (Å²) >= 11 is 0. The maximum absolute atomic E-state index is 4.32. The van der Waals surface area contributed by atoms with Gasteiger partial charge in [-0.2, -0.15) is 0 Å². The van der Waals surface area contributed by atoms with E-state index in [2.05, 4.69) is 27.5 Å². The molecule has 0 unspecified atom stereocenters. The number of pyridine rings is 1. The number of aromatic nitrogens is 2.